The van der Waals surface area contributed by atoms with Crippen LogP contribution in [0.1, 0.15) is 36.2 Å². The smallest absolute Gasteiger partial charge is 0.287 e. The molecule has 0 radical (unpaired) electrons. The van der Waals surface area contributed by atoms with Crippen LogP contribution in [0.5, 0.6) is 0 Å². The van der Waals surface area contributed by atoms with Crippen molar-refractivity contribution in [3.05, 3.63) is 36.1 Å². The van der Waals surface area contributed by atoms with Crippen molar-refractivity contribution < 1.29 is 18.7 Å². The Morgan fingerprint density at radius 3 is 2.69 bits per heavy atom. The van der Waals surface area contributed by atoms with Crippen LogP contribution in [0.15, 0.2) is 34.7 Å². The quantitative estimate of drug-likeness (QED) is 0.789. The van der Waals surface area contributed by atoms with Gasteiger partial charge >= 0.3 is 0 Å². The van der Waals surface area contributed by atoms with Crippen molar-refractivity contribution in [3.63, 3.8) is 0 Å². The van der Waals surface area contributed by atoms with Gasteiger partial charge < -0.3 is 25.1 Å². The van der Waals surface area contributed by atoms with E-state index in [2.05, 4.69) is 5.32 Å². The number of amides is 2. The fourth-order valence-corrected chi connectivity index (χ4v) is 4.13. The summed E-state index contributed by atoms with van der Waals surface area (Å²) in [4.78, 5) is 27.2. The van der Waals surface area contributed by atoms with E-state index in [1.807, 2.05) is 24.3 Å². The SMILES string of the molecule is Cl.NC(C(=O)N1CCCC(NC(=O)c2cc3ccccc3o2)C1)C1CCOCC1. The monoisotopic (exact) mass is 421 g/mol. The van der Waals surface area contributed by atoms with Gasteiger partial charge in [-0.15, -0.1) is 12.4 Å². The van der Waals surface area contributed by atoms with Gasteiger partial charge in [-0.1, -0.05) is 18.2 Å². The Hall–Kier alpha value is -2.09. The number of nitrogens with zero attached hydrogens (tertiary/aromatic N) is 1. The Labute approximate surface area is 176 Å². The second-order valence-electron chi connectivity index (χ2n) is 7.72. The first-order valence-electron chi connectivity index (χ1n) is 10.0. The van der Waals surface area contributed by atoms with Crippen molar-refractivity contribution in [1.29, 1.82) is 0 Å². The third-order valence-corrected chi connectivity index (χ3v) is 5.78. The number of likely N-dealkylation sites (tertiary alicyclic amines) is 1. The zero-order chi connectivity index (χ0) is 19.5. The zero-order valence-corrected chi connectivity index (χ0v) is 17.2. The first kappa shape index (κ1) is 21.6. The molecule has 0 bridgehead atoms. The van der Waals surface area contributed by atoms with Crippen molar-refractivity contribution in [1.82, 2.24) is 10.2 Å². The van der Waals surface area contributed by atoms with E-state index in [0.29, 0.717) is 37.6 Å². The van der Waals surface area contributed by atoms with Gasteiger partial charge in [-0.3, -0.25) is 9.59 Å². The van der Waals surface area contributed by atoms with Gasteiger partial charge in [0.1, 0.15) is 5.58 Å². The average Bonchev–Trinajstić information content (AvgIpc) is 3.18. The van der Waals surface area contributed by atoms with Crippen molar-refractivity contribution in [2.45, 2.75) is 37.8 Å². The minimum Gasteiger partial charge on any atom is -0.451 e. The van der Waals surface area contributed by atoms with Crippen LogP contribution in [-0.2, 0) is 9.53 Å². The van der Waals surface area contributed by atoms with Crippen molar-refractivity contribution in [3.8, 4) is 0 Å². The topological polar surface area (TPSA) is 97.8 Å². The van der Waals surface area contributed by atoms with Crippen LogP contribution < -0.4 is 11.1 Å². The number of carbonyl (C=O) groups excluding carboxylic acids is 2. The van der Waals surface area contributed by atoms with Gasteiger partial charge in [0.25, 0.3) is 5.91 Å². The second kappa shape index (κ2) is 9.61. The molecule has 8 heteroatoms. The van der Waals surface area contributed by atoms with E-state index in [1.54, 1.807) is 11.0 Å². The minimum atomic E-state index is -0.492. The van der Waals surface area contributed by atoms with Crippen LogP contribution in [-0.4, -0.2) is 55.1 Å². The molecule has 2 aliphatic heterocycles. The molecule has 158 valence electrons. The summed E-state index contributed by atoms with van der Waals surface area (Å²) in [6.45, 7) is 2.51. The molecule has 29 heavy (non-hydrogen) atoms. The second-order valence-corrected chi connectivity index (χ2v) is 7.72. The number of para-hydroxylation sites is 1. The van der Waals surface area contributed by atoms with Crippen LogP contribution in [0.4, 0.5) is 0 Å². The molecule has 3 N–H and O–H groups in total. The molecule has 2 unspecified atom stereocenters. The van der Waals surface area contributed by atoms with Gasteiger partial charge in [0.05, 0.1) is 6.04 Å². The van der Waals surface area contributed by atoms with Crippen LogP contribution in [0, 0.1) is 5.92 Å². The summed E-state index contributed by atoms with van der Waals surface area (Å²) in [5.74, 6) is 0.203. The third-order valence-electron chi connectivity index (χ3n) is 5.78. The van der Waals surface area contributed by atoms with Gasteiger partial charge in [0.15, 0.2) is 5.76 Å². The summed E-state index contributed by atoms with van der Waals surface area (Å²) in [6, 6.07) is 8.69. The summed E-state index contributed by atoms with van der Waals surface area (Å²) in [6.07, 6.45) is 3.33. The Kier molecular flexibility index (Phi) is 7.16. The summed E-state index contributed by atoms with van der Waals surface area (Å²) < 4.78 is 11.0. The molecule has 1 aromatic heterocycles. The van der Waals surface area contributed by atoms with E-state index in [9.17, 15) is 9.59 Å². The van der Waals surface area contributed by atoms with Gasteiger partial charge in [-0.25, -0.2) is 0 Å². The number of ether oxygens (including phenoxy) is 1. The van der Waals surface area contributed by atoms with Crippen molar-refractivity contribution in [2.24, 2.45) is 11.7 Å². The largest absolute Gasteiger partial charge is 0.451 e. The molecule has 0 saturated carbocycles. The summed E-state index contributed by atoms with van der Waals surface area (Å²) >= 11 is 0. The number of nitrogens with one attached hydrogen (secondary N) is 1. The Morgan fingerprint density at radius 1 is 1.17 bits per heavy atom. The van der Waals surface area contributed by atoms with E-state index in [1.165, 1.54) is 0 Å². The number of nitrogens with two attached hydrogens (primary N) is 1. The zero-order valence-electron chi connectivity index (χ0n) is 16.3. The molecule has 2 aromatic rings. The maximum Gasteiger partial charge on any atom is 0.287 e. The molecular weight excluding hydrogens is 394 g/mol. The number of furan rings is 1. The van der Waals surface area contributed by atoms with Crippen molar-refractivity contribution >= 4 is 35.2 Å². The van der Waals surface area contributed by atoms with Crippen LogP contribution in [0.25, 0.3) is 11.0 Å². The molecule has 2 amide bonds. The number of benzene rings is 1. The Morgan fingerprint density at radius 2 is 1.93 bits per heavy atom. The maximum absolute atomic E-state index is 12.8. The molecule has 2 saturated heterocycles. The predicted octanol–water partition coefficient (Wildman–Crippen LogP) is 2.33. The number of piperidine rings is 1. The fraction of sp³-hybridized carbons (Fsp3) is 0.524. The highest BCUT2D eigenvalue weighted by Crippen LogP contribution is 2.22. The summed E-state index contributed by atoms with van der Waals surface area (Å²) in [5, 5.41) is 3.91. The highest BCUT2D eigenvalue weighted by atomic mass is 35.5. The van der Waals surface area contributed by atoms with Crippen LogP contribution in [0.2, 0.25) is 0 Å². The molecule has 0 aliphatic carbocycles. The lowest BCUT2D eigenvalue weighted by Gasteiger charge is -2.36. The highest BCUT2D eigenvalue weighted by Gasteiger charge is 2.33. The van der Waals surface area contributed by atoms with Crippen LogP contribution >= 0.6 is 12.4 Å². The molecule has 2 fully saturated rings. The molecule has 4 rings (SSSR count). The van der Waals surface area contributed by atoms with Gasteiger partial charge in [0.2, 0.25) is 5.91 Å². The van der Waals surface area contributed by atoms with E-state index < -0.39 is 6.04 Å². The lowest BCUT2D eigenvalue weighted by molar-refractivity contribution is -0.136. The molecule has 3 heterocycles. The van der Waals surface area contributed by atoms with E-state index in [-0.39, 0.29) is 36.2 Å². The lowest BCUT2D eigenvalue weighted by atomic mass is 9.91. The first-order valence-corrected chi connectivity index (χ1v) is 10.0. The van der Waals surface area contributed by atoms with E-state index in [4.69, 9.17) is 14.9 Å². The highest BCUT2D eigenvalue weighted by molar-refractivity contribution is 5.96. The number of fused-ring (bicyclic) bond motifs is 1. The van der Waals surface area contributed by atoms with Crippen molar-refractivity contribution in [2.75, 3.05) is 26.3 Å². The summed E-state index contributed by atoms with van der Waals surface area (Å²) in [7, 11) is 0. The fourth-order valence-electron chi connectivity index (χ4n) is 4.13. The number of hydrogen-bond donors (Lipinski definition) is 2. The maximum atomic E-state index is 12.8. The number of rotatable bonds is 4. The summed E-state index contributed by atoms with van der Waals surface area (Å²) in [5.41, 5.74) is 6.94. The number of hydrogen-bond acceptors (Lipinski definition) is 5. The molecule has 7 nitrogen and oxygen atoms in total. The standard InChI is InChI=1S/C21H27N3O4.ClH/c22-19(14-7-10-27-11-8-14)21(26)24-9-3-5-16(13-24)23-20(25)18-12-15-4-1-2-6-17(15)28-18;/h1-2,4,6,12,14,16,19H,3,5,7-11,13,22H2,(H,23,25);1H. The molecular formula is C21H28ClN3O4. The van der Waals surface area contributed by atoms with Gasteiger partial charge in [-0.2, -0.15) is 0 Å². The Balaban J connectivity index is 0.00000240. The lowest BCUT2D eigenvalue weighted by Crippen LogP contribution is -2.55. The van der Waals surface area contributed by atoms with E-state index in [0.717, 1.165) is 31.1 Å². The van der Waals surface area contributed by atoms with Gasteiger partial charge in [0, 0.05) is 37.7 Å². The molecule has 0 spiro atoms. The first-order chi connectivity index (χ1) is 13.6. The average molecular weight is 422 g/mol. The minimum absolute atomic E-state index is 0. The van der Waals surface area contributed by atoms with E-state index >= 15 is 0 Å². The molecule has 2 aliphatic rings. The Bertz CT molecular complexity index is 816. The van der Waals surface area contributed by atoms with Gasteiger partial charge in [-0.05, 0) is 43.7 Å². The third kappa shape index (κ3) is 4.91. The predicted molar refractivity (Wildman–Crippen MR) is 112 cm³/mol. The van der Waals surface area contributed by atoms with Crippen LogP contribution in [0.3, 0.4) is 0 Å². The molecule has 1 aromatic carbocycles. The molecule has 2 atom stereocenters. The number of halogens is 1. The number of carbonyl (C=O) groups is 2. The normalized spacial score (nSPS) is 21.4.